The van der Waals surface area contributed by atoms with E-state index in [-0.39, 0.29) is 25.0 Å². The largest absolute Gasteiger partial charge is 0.392 e. The van der Waals surface area contributed by atoms with Crippen molar-refractivity contribution in [1.82, 2.24) is 4.90 Å². The quantitative estimate of drug-likeness (QED) is 0.852. The van der Waals surface area contributed by atoms with Crippen molar-refractivity contribution in [2.45, 2.75) is 26.4 Å². The minimum absolute atomic E-state index is 0.0299. The van der Waals surface area contributed by atoms with E-state index in [9.17, 15) is 14.7 Å². The normalized spacial score (nSPS) is 14.8. The number of carbonyl (C=O) groups excluding carboxylic acids is 2. The third-order valence-corrected chi connectivity index (χ3v) is 3.30. The zero-order chi connectivity index (χ0) is 13.8. The van der Waals surface area contributed by atoms with E-state index < -0.39 is 0 Å². The van der Waals surface area contributed by atoms with Gasteiger partial charge in [-0.15, -0.1) is 0 Å². The number of hydrogen-bond acceptors (Lipinski definition) is 3. The van der Waals surface area contributed by atoms with E-state index in [0.29, 0.717) is 24.2 Å². The Balaban J connectivity index is 2.04. The van der Waals surface area contributed by atoms with Crippen molar-refractivity contribution in [3.8, 4) is 0 Å². The van der Waals surface area contributed by atoms with Crippen molar-refractivity contribution in [3.63, 3.8) is 0 Å². The number of aliphatic hydroxyl groups excluding tert-OH is 1. The molecule has 1 heterocycles. The van der Waals surface area contributed by atoms with Gasteiger partial charge < -0.3 is 15.3 Å². The second-order valence-electron chi connectivity index (χ2n) is 4.73. The van der Waals surface area contributed by atoms with E-state index in [1.807, 2.05) is 19.1 Å². The van der Waals surface area contributed by atoms with Crippen LogP contribution in [0.2, 0.25) is 0 Å². The summed E-state index contributed by atoms with van der Waals surface area (Å²) in [6, 6.07) is 5.47. The summed E-state index contributed by atoms with van der Waals surface area (Å²) < 4.78 is 0. The van der Waals surface area contributed by atoms with Gasteiger partial charge in [0.2, 0.25) is 11.8 Å². The molecule has 1 aliphatic rings. The van der Waals surface area contributed by atoms with Crippen LogP contribution in [0.5, 0.6) is 0 Å². The summed E-state index contributed by atoms with van der Waals surface area (Å²) in [5.41, 5.74) is 2.22. The van der Waals surface area contributed by atoms with Gasteiger partial charge in [0, 0.05) is 24.2 Å². The first-order valence-corrected chi connectivity index (χ1v) is 6.39. The van der Waals surface area contributed by atoms with E-state index >= 15 is 0 Å². The molecule has 1 aromatic carbocycles. The molecule has 0 spiro atoms. The average Bonchev–Trinajstić information content (AvgIpc) is 2.77. The maximum atomic E-state index is 11.9. The van der Waals surface area contributed by atoms with E-state index in [0.717, 1.165) is 12.0 Å². The van der Waals surface area contributed by atoms with Crippen LogP contribution < -0.4 is 5.32 Å². The lowest BCUT2D eigenvalue weighted by atomic mass is 10.1. The third kappa shape index (κ3) is 3.12. The summed E-state index contributed by atoms with van der Waals surface area (Å²) in [5, 5.41) is 12.1. The molecule has 1 aliphatic heterocycles. The van der Waals surface area contributed by atoms with Gasteiger partial charge >= 0.3 is 0 Å². The lowest BCUT2D eigenvalue weighted by molar-refractivity contribution is -0.131. The number of likely N-dealkylation sites (tertiary alicyclic amines) is 1. The fourth-order valence-corrected chi connectivity index (χ4v) is 2.26. The standard InChI is InChI=1S/C14H18N2O3/c1-10-4-2-5-11(9-17)14(10)15-12(18)8-16-7-3-6-13(16)19/h2,4-5,17H,3,6-9H2,1H3,(H,15,18). The van der Waals surface area contributed by atoms with E-state index in [2.05, 4.69) is 5.32 Å². The van der Waals surface area contributed by atoms with Gasteiger partial charge in [-0.25, -0.2) is 0 Å². The fourth-order valence-electron chi connectivity index (χ4n) is 2.26. The SMILES string of the molecule is Cc1cccc(CO)c1NC(=O)CN1CCCC1=O. The number of rotatable bonds is 4. The number of carbonyl (C=O) groups is 2. The van der Waals surface area contributed by atoms with Gasteiger partial charge in [0.25, 0.3) is 0 Å². The highest BCUT2D eigenvalue weighted by atomic mass is 16.3. The number of aliphatic hydroxyl groups is 1. The van der Waals surface area contributed by atoms with Crippen LogP contribution in [0.25, 0.3) is 0 Å². The Morgan fingerprint density at radius 1 is 1.47 bits per heavy atom. The molecule has 0 bridgehead atoms. The summed E-state index contributed by atoms with van der Waals surface area (Å²) in [5.74, 6) is -0.193. The Kier molecular flexibility index (Phi) is 4.16. The van der Waals surface area contributed by atoms with Crippen LogP contribution >= 0.6 is 0 Å². The number of amides is 2. The summed E-state index contributed by atoms with van der Waals surface area (Å²) in [7, 11) is 0. The van der Waals surface area contributed by atoms with Gasteiger partial charge in [-0.2, -0.15) is 0 Å². The lowest BCUT2D eigenvalue weighted by Gasteiger charge is -2.17. The van der Waals surface area contributed by atoms with Gasteiger partial charge in [0.15, 0.2) is 0 Å². The van der Waals surface area contributed by atoms with Gasteiger partial charge in [-0.3, -0.25) is 9.59 Å². The Bertz CT molecular complexity index is 499. The summed E-state index contributed by atoms with van der Waals surface area (Å²) in [6.45, 7) is 2.47. The molecule has 1 saturated heterocycles. The molecule has 0 aliphatic carbocycles. The van der Waals surface area contributed by atoms with Crippen molar-refractivity contribution in [2.75, 3.05) is 18.4 Å². The molecule has 0 radical (unpaired) electrons. The Morgan fingerprint density at radius 3 is 2.89 bits per heavy atom. The maximum Gasteiger partial charge on any atom is 0.244 e. The van der Waals surface area contributed by atoms with Gasteiger partial charge in [0.1, 0.15) is 0 Å². The molecule has 2 rings (SSSR count). The monoisotopic (exact) mass is 262 g/mol. The molecule has 5 nitrogen and oxygen atoms in total. The highest BCUT2D eigenvalue weighted by Gasteiger charge is 2.22. The summed E-state index contributed by atoms with van der Waals surface area (Å²) >= 11 is 0. The Morgan fingerprint density at radius 2 is 2.26 bits per heavy atom. The highest BCUT2D eigenvalue weighted by molar-refractivity contribution is 5.96. The number of nitrogens with one attached hydrogen (secondary N) is 1. The molecule has 19 heavy (non-hydrogen) atoms. The Labute approximate surface area is 112 Å². The molecule has 1 fully saturated rings. The van der Waals surface area contributed by atoms with Crippen molar-refractivity contribution >= 4 is 17.5 Å². The number of nitrogens with zero attached hydrogens (tertiary/aromatic N) is 1. The van der Waals surface area contributed by atoms with Crippen LogP contribution in [0.15, 0.2) is 18.2 Å². The van der Waals surface area contributed by atoms with E-state index in [1.54, 1.807) is 11.0 Å². The van der Waals surface area contributed by atoms with Crippen LogP contribution in [-0.4, -0.2) is 34.9 Å². The minimum atomic E-state index is -0.223. The molecule has 2 N–H and O–H groups in total. The fraction of sp³-hybridized carbons (Fsp3) is 0.429. The van der Waals surface area contributed by atoms with Crippen molar-refractivity contribution < 1.29 is 14.7 Å². The smallest absolute Gasteiger partial charge is 0.244 e. The minimum Gasteiger partial charge on any atom is -0.392 e. The molecule has 102 valence electrons. The molecule has 2 amide bonds. The molecule has 0 atom stereocenters. The second-order valence-corrected chi connectivity index (χ2v) is 4.73. The molecular weight excluding hydrogens is 244 g/mol. The highest BCUT2D eigenvalue weighted by Crippen LogP contribution is 2.20. The van der Waals surface area contributed by atoms with Crippen molar-refractivity contribution in [1.29, 1.82) is 0 Å². The molecule has 1 aromatic rings. The number of hydrogen-bond donors (Lipinski definition) is 2. The molecule has 0 saturated carbocycles. The predicted octanol–water partition coefficient (Wildman–Crippen LogP) is 1.05. The predicted molar refractivity (Wildman–Crippen MR) is 71.5 cm³/mol. The molecule has 5 heteroatoms. The van der Waals surface area contributed by atoms with Crippen LogP contribution in [0.1, 0.15) is 24.0 Å². The van der Waals surface area contributed by atoms with Crippen LogP contribution in [0, 0.1) is 6.92 Å². The molecule has 0 aromatic heterocycles. The first kappa shape index (κ1) is 13.5. The van der Waals surface area contributed by atoms with Crippen molar-refractivity contribution in [3.05, 3.63) is 29.3 Å². The molecule has 0 unspecified atom stereocenters. The van der Waals surface area contributed by atoms with Gasteiger partial charge in [-0.1, -0.05) is 18.2 Å². The first-order chi connectivity index (χ1) is 9.11. The lowest BCUT2D eigenvalue weighted by Crippen LogP contribution is -2.34. The summed E-state index contributed by atoms with van der Waals surface area (Å²) in [4.78, 5) is 25.0. The van der Waals surface area contributed by atoms with Crippen molar-refractivity contribution in [2.24, 2.45) is 0 Å². The Hall–Kier alpha value is -1.88. The second kappa shape index (κ2) is 5.84. The van der Waals surface area contributed by atoms with E-state index in [4.69, 9.17) is 0 Å². The zero-order valence-electron chi connectivity index (χ0n) is 11.0. The third-order valence-electron chi connectivity index (χ3n) is 3.30. The van der Waals surface area contributed by atoms with E-state index in [1.165, 1.54) is 0 Å². The van der Waals surface area contributed by atoms with Crippen LogP contribution in [0.4, 0.5) is 5.69 Å². The van der Waals surface area contributed by atoms with Gasteiger partial charge in [0.05, 0.1) is 13.2 Å². The number of para-hydroxylation sites is 1. The van der Waals surface area contributed by atoms with Crippen LogP contribution in [-0.2, 0) is 16.2 Å². The number of benzene rings is 1. The summed E-state index contributed by atoms with van der Waals surface area (Å²) in [6.07, 6.45) is 1.35. The maximum absolute atomic E-state index is 11.9. The first-order valence-electron chi connectivity index (χ1n) is 6.39. The number of aryl methyl sites for hydroxylation is 1. The zero-order valence-corrected chi connectivity index (χ0v) is 11.0. The number of anilines is 1. The van der Waals surface area contributed by atoms with Gasteiger partial charge in [-0.05, 0) is 18.9 Å². The average molecular weight is 262 g/mol. The van der Waals surface area contributed by atoms with Crippen LogP contribution in [0.3, 0.4) is 0 Å². The molecular formula is C14H18N2O3. The topological polar surface area (TPSA) is 69.6 Å².